The molecule has 0 saturated heterocycles. The van der Waals surface area contributed by atoms with Crippen molar-refractivity contribution in [1.29, 1.82) is 0 Å². The monoisotopic (exact) mass is 337 g/mol. The zero-order valence-corrected chi connectivity index (χ0v) is 14.2. The Labute approximate surface area is 146 Å². The fourth-order valence-corrected chi connectivity index (χ4v) is 2.50. The molecular formula is C20H19NO4. The zero-order valence-electron chi connectivity index (χ0n) is 14.2. The van der Waals surface area contributed by atoms with Crippen molar-refractivity contribution in [1.82, 2.24) is 0 Å². The Kier molecular flexibility index (Phi) is 5.14. The third-order valence-corrected chi connectivity index (χ3v) is 3.76. The van der Waals surface area contributed by atoms with Gasteiger partial charge in [-0.3, -0.25) is 0 Å². The number of rotatable bonds is 6. The number of para-hydroxylation sites is 1. The second kappa shape index (κ2) is 7.66. The van der Waals surface area contributed by atoms with Crippen molar-refractivity contribution in [2.75, 3.05) is 13.7 Å². The lowest BCUT2D eigenvalue weighted by atomic mass is 10.1. The number of carbonyl (C=O) groups excluding carboxylic acids is 1. The molecule has 0 bridgehead atoms. The Morgan fingerprint density at radius 3 is 2.68 bits per heavy atom. The quantitative estimate of drug-likeness (QED) is 0.596. The van der Waals surface area contributed by atoms with E-state index in [2.05, 4.69) is 11.9 Å². The standard InChI is InChI=1S/C20H19NO4/c1-3-15-11-14(9-10-18(15)23-2)12-17-20(22)25-19(21-17)13-24-16-7-5-4-6-8-16/h4-12H,3,13H2,1-2H3/b17-12+. The highest BCUT2D eigenvalue weighted by Gasteiger charge is 2.23. The van der Waals surface area contributed by atoms with Crippen LogP contribution < -0.4 is 9.47 Å². The number of aryl methyl sites for hydroxylation is 1. The fourth-order valence-electron chi connectivity index (χ4n) is 2.50. The summed E-state index contributed by atoms with van der Waals surface area (Å²) in [5, 5.41) is 0. The van der Waals surface area contributed by atoms with Crippen molar-refractivity contribution in [3.8, 4) is 11.5 Å². The first-order chi connectivity index (χ1) is 12.2. The molecule has 1 aliphatic rings. The van der Waals surface area contributed by atoms with Gasteiger partial charge in [0.05, 0.1) is 7.11 Å². The van der Waals surface area contributed by atoms with Gasteiger partial charge in [-0.25, -0.2) is 9.79 Å². The summed E-state index contributed by atoms with van der Waals surface area (Å²) in [6.45, 7) is 2.16. The molecule has 0 radical (unpaired) electrons. The van der Waals surface area contributed by atoms with Gasteiger partial charge in [0.2, 0.25) is 5.90 Å². The average molecular weight is 337 g/mol. The molecule has 0 fully saturated rings. The number of benzene rings is 2. The molecule has 0 aliphatic carbocycles. The first-order valence-electron chi connectivity index (χ1n) is 8.06. The summed E-state index contributed by atoms with van der Waals surface area (Å²) >= 11 is 0. The molecule has 25 heavy (non-hydrogen) atoms. The lowest BCUT2D eigenvalue weighted by molar-refractivity contribution is -0.130. The number of hydrogen-bond acceptors (Lipinski definition) is 5. The molecule has 0 amide bonds. The smallest absolute Gasteiger partial charge is 0.363 e. The molecule has 2 aromatic carbocycles. The predicted molar refractivity (Wildman–Crippen MR) is 95.8 cm³/mol. The van der Waals surface area contributed by atoms with E-state index >= 15 is 0 Å². The Bertz CT molecular complexity index is 825. The van der Waals surface area contributed by atoms with Crippen molar-refractivity contribution in [3.05, 3.63) is 65.4 Å². The molecule has 5 heteroatoms. The number of esters is 1. The molecule has 3 rings (SSSR count). The van der Waals surface area contributed by atoms with Crippen LogP contribution >= 0.6 is 0 Å². The molecule has 0 aromatic heterocycles. The van der Waals surface area contributed by atoms with Crippen LogP contribution in [0.2, 0.25) is 0 Å². The minimum Gasteiger partial charge on any atom is -0.496 e. The van der Waals surface area contributed by atoms with Gasteiger partial charge in [0.15, 0.2) is 12.3 Å². The second-order valence-electron chi connectivity index (χ2n) is 5.45. The summed E-state index contributed by atoms with van der Waals surface area (Å²) < 4.78 is 16.0. The lowest BCUT2D eigenvalue weighted by Gasteiger charge is -2.07. The van der Waals surface area contributed by atoms with Crippen molar-refractivity contribution in [2.45, 2.75) is 13.3 Å². The van der Waals surface area contributed by atoms with E-state index in [1.807, 2.05) is 48.5 Å². The molecule has 0 atom stereocenters. The Balaban J connectivity index is 1.74. The number of cyclic esters (lactones) is 1. The zero-order chi connectivity index (χ0) is 17.6. The van der Waals surface area contributed by atoms with E-state index in [0.29, 0.717) is 5.75 Å². The molecule has 5 nitrogen and oxygen atoms in total. The van der Waals surface area contributed by atoms with Crippen LogP contribution in [0.15, 0.2) is 59.2 Å². The molecule has 2 aromatic rings. The highest BCUT2D eigenvalue weighted by molar-refractivity contribution is 6.07. The molecular weight excluding hydrogens is 318 g/mol. The average Bonchev–Trinajstić information content (AvgIpc) is 3.00. The van der Waals surface area contributed by atoms with Gasteiger partial charge in [-0.05, 0) is 47.9 Å². The fraction of sp³-hybridized carbons (Fsp3) is 0.200. The van der Waals surface area contributed by atoms with Gasteiger partial charge < -0.3 is 14.2 Å². The van der Waals surface area contributed by atoms with E-state index < -0.39 is 5.97 Å². The minimum atomic E-state index is -0.472. The van der Waals surface area contributed by atoms with E-state index in [1.165, 1.54) is 0 Å². The highest BCUT2D eigenvalue weighted by Crippen LogP contribution is 2.23. The van der Waals surface area contributed by atoms with E-state index in [-0.39, 0.29) is 18.2 Å². The van der Waals surface area contributed by atoms with Crippen molar-refractivity contribution < 1.29 is 19.0 Å². The van der Waals surface area contributed by atoms with Gasteiger partial charge >= 0.3 is 5.97 Å². The lowest BCUT2D eigenvalue weighted by Crippen LogP contribution is -2.13. The predicted octanol–water partition coefficient (Wildman–Crippen LogP) is 3.63. The maximum absolute atomic E-state index is 12.0. The normalized spacial score (nSPS) is 15.0. The minimum absolute atomic E-state index is 0.107. The number of aliphatic imine (C=N–C) groups is 1. The summed E-state index contributed by atoms with van der Waals surface area (Å²) in [5.74, 6) is 1.31. The highest BCUT2D eigenvalue weighted by atomic mass is 16.6. The number of ether oxygens (including phenoxy) is 3. The number of nitrogens with zero attached hydrogens (tertiary/aromatic N) is 1. The van der Waals surface area contributed by atoms with Gasteiger partial charge in [-0.15, -0.1) is 0 Å². The maximum atomic E-state index is 12.0. The molecule has 128 valence electrons. The third-order valence-electron chi connectivity index (χ3n) is 3.76. The SMILES string of the molecule is CCc1cc(/C=C2/N=C(COc3ccccc3)OC2=O)ccc1OC. The van der Waals surface area contributed by atoms with Crippen LogP contribution in [0.5, 0.6) is 11.5 Å². The first-order valence-corrected chi connectivity index (χ1v) is 8.06. The van der Waals surface area contributed by atoms with Crippen molar-refractivity contribution in [3.63, 3.8) is 0 Å². The Morgan fingerprint density at radius 1 is 1.16 bits per heavy atom. The number of hydrogen-bond donors (Lipinski definition) is 0. The summed E-state index contributed by atoms with van der Waals surface area (Å²) in [5.41, 5.74) is 2.21. The third kappa shape index (κ3) is 4.07. The summed E-state index contributed by atoms with van der Waals surface area (Å²) in [4.78, 5) is 16.2. The topological polar surface area (TPSA) is 57.1 Å². The van der Waals surface area contributed by atoms with Crippen LogP contribution in [0.4, 0.5) is 0 Å². The van der Waals surface area contributed by atoms with E-state index in [4.69, 9.17) is 14.2 Å². The first kappa shape index (κ1) is 16.8. The summed E-state index contributed by atoms with van der Waals surface area (Å²) in [6.07, 6.45) is 2.54. The largest absolute Gasteiger partial charge is 0.496 e. The van der Waals surface area contributed by atoms with Gasteiger partial charge in [-0.1, -0.05) is 31.2 Å². The number of methoxy groups -OCH3 is 1. The van der Waals surface area contributed by atoms with Crippen LogP contribution in [0.25, 0.3) is 6.08 Å². The summed E-state index contributed by atoms with van der Waals surface area (Å²) in [6, 6.07) is 15.1. The Morgan fingerprint density at radius 2 is 1.96 bits per heavy atom. The molecule has 0 N–H and O–H groups in total. The summed E-state index contributed by atoms with van der Waals surface area (Å²) in [7, 11) is 1.64. The van der Waals surface area contributed by atoms with E-state index in [9.17, 15) is 4.79 Å². The van der Waals surface area contributed by atoms with Gasteiger partial charge in [0.1, 0.15) is 11.5 Å². The molecule has 1 aliphatic heterocycles. The molecule has 0 saturated carbocycles. The van der Waals surface area contributed by atoms with Crippen LogP contribution in [0, 0.1) is 0 Å². The van der Waals surface area contributed by atoms with E-state index in [0.717, 1.165) is 23.3 Å². The van der Waals surface area contributed by atoms with Gasteiger partial charge in [0.25, 0.3) is 0 Å². The number of carbonyl (C=O) groups is 1. The van der Waals surface area contributed by atoms with E-state index in [1.54, 1.807) is 13.2 Å². The van der Waals surface area contributed by atoms with Gasteiger partial charge in [-0.2, -0.15) is 0 Å². The second-order valence-corrected chi connectivity index (χ2v) is 5.45. The van der Waals surface area contributed by atoms with Crippen LogP contribution in [-0.2, 0) is 16.0 Å². The van der Waals surface area contributed by atoms with Crippen molar-refractivity contribution in [2.24, 2.45) is 4.99 Å². The van der Waals surface area contributed by atoms with Crippen LogP contribution in [-0.4, -0.2) is 25.6 Å². The molecule has 1 heterocycles. The van der Waals surface area contributed by atoms with Crippen molar-refractivity contribution >= 4 is 17.9 Å². The molecule has 0 unspecified atom stereocenters. The Hall–Kier alpha value is -3.08. The van der Waals surface area contributed by atoms with Crippen LogP contribution in [0.3, 0.4) is 0 Å². The van der Waals surface area contributed by atoms with Gasteiger partial charge in [0, 0.05) is 0 Å². The maximum Gasteiger partial charge on any atom is 0.363 e. The molecule has 0 spiro atoms. The van der Waals surface area contributed by atoms with Crippen LogP contribution in [0.1, 0.15) is 18.1 Å².